The van der Waals surface area contributed by atoms with Crippen LogP contribution >= 0.6 is 33.9 Å². The fourth-order valence-electron chi connectivity index (χ4n) is 1.05. The lowest BCUT2D eigenvalue weighted by atomic mass is 10.3. The largest absolute Gasteiger partial charge is 0.391 e. The van der Waals surface area contributed by atoms with Crippen molar-refractivity contribution < 1.29 is 0 Å². The van der Waals surface area contributed by atoms with Crippen LogP contribution in [0.15, 0.2) is 24.3 Å². The number of benzene rings is 1. The molecule has 1 aromatic carbocycles. The third-order valence-corrected chi connectivity index (χ3v) is 3.40. The van der Waals surface area contributed by atoms with Gasteiger partial charge in [0.15, 0.2) is 0 Å². The van der Waals surface area contributed by atoms with Crippen LogP contribution in [-0.2, 0) is 0 Å². The van der Waals surface area contributed by atoms with Crippen LogP contribution in [0.3, 0.4) is 0 Å². The van der Waals surface area contributed by atoms with E-state index < -0.39 is 0 Å². The van der Waals surface area contributed by atoms with E-state index in [4.69, 9.17) is 5.73 Å². The fourth-order valence-corrected chi connectivity index (χ4v) is 2.74. The van der Waals surface area contributed by atoms with Crippen LogP contribution in [0.1, 0.15) is 0 Å². The second-order valence-corrected chi connectivity index (χ2v) is 4.58. The van der Waals surface area contributed by atoms with Crippen LogP contribution in [0, 0.1) is 3.57 Å². The van der Waals surface area contributed by atoms with Crippen molar-refractivity contribution in [3.05, 3.63) is 27.8 Å². The molecule has 0 radical (unpaired) electrons. The summed E-state index contributed by atoms with van der Waals surface area (Å²) >= 11 is 3.96. The topological polar surface area (TPSA) is 26.0 Å². The molecule has 0 saturated carbocycles. The minimum Gasteiger partial charge on any atom is -0.391 e. The number of rotatable bonds is 0. The molecule has 1 nitrogen and oxygen atoms in total. The quantitative estimate of drug-likeness (QED) is 0.735. The van der Waals surface area contributed by atoms with Gasteiger partial charge < -0.3 is 5.73 Å². The second-order valence-electron chi connectivity index (χ2n) is 2.30. The summed E-state index contributed by atoms with van der Waals surface area (Å²) in [5.74, 6) is 0. The van der Waals surface area contributed by atoms with Gasteiger partial charge >= 0.3 is 0 Å². The number of hydrogen-bond donors (Lipinski definition) is 1. The molecule has 0 spiro atoms. The minimum atomic E-state index is 0.893. The smallest absolute Gasteiger partial charge is 0.0869 e. The molecule has 1 aromatic heterocycles. The Labute approximate surface area is 82.4 Å². The summed E-state index contributed by atoms with van der Waals surface area (Å²) in [6.07, 6.45) is 0. The lowest BCUT2D eigenvalue weighted by Gasteiger charge is -1.89. The zero-order valence-electron chi connectivity index (χ0n) is 5.67. The first-order chi connectivity index (χ1) is 5.27. The van der Waals surface area contributed by atoms with Crippen molar-refractivity contribution in [3.63, 3.8) is 0 Å². The minimum absolute atomic E-state index is 0.893. The average molecular weight is 275 g/mol. The SMILES string of the molecule is Nc1cc2c(I)cccc2s1. The molecule has 0 amide bonds. The molecular formula is C8H6INS. The highest BCUT2D eigenvalue weighted by Gasteiger charge is 2.00. The van der Waals surface area contributed by atoms with Crippen molar-refractivity contribution in [1.82, 2.24) is 0 Å². The van der Waals surface area contributed by atoms with Crippen molar-refractivity contribution in [2.24, 2.45) is 0 Å². The summed E-state index contributed by atoms with van der Waals surface area (Å²) in [5, 5.41) is 2.17. The predicted octanol–water partition coefficient (Wildman–Crippen LogP) is 3.09. The molecule has 0 unspecified atom stereocenters. The Balaban J connectivity index is 2.90. The number of nitrogen functional groups attached to an aromatic ring is 1. The van der Waals surface area contributed by atoms with Gasteiger partial charge in [0.25, 0.3) is 0 Å². The molecule has 1 heterocycles. The zero-order chi connectivity index (χ0) is 7.84. The van der Waals surface area contributed by atoms with E-state index in [1.165, 1.54) is 13.7 Å². The molecule has 2 rings (SSSR count). The van der Waals surface area contributed by atoms with Crippen LogP contribution in [0.2, 0.25) is 0 Å². The second kappa shape index (κ2) is 2.64. The van der Waals surface area contributed by atoms with Crippen molar-refractivity contribution in [2.75, 3.05) is 5.73 Å². The third kappa shape index (κ3) is 1.22. The number of hydrogen-bond acceptors (Lipinski definition) is 2. The number of halogens is 1. The van der Waals surface area contributed by atoms with E-state index in [1.54, 1.807) is 11.3 Å². The Hall–Kier alpha value is -0.290. The van der Waals surface area contributed by atoms with E-state index in [0.717, 1.165) is 5.00 Å². The normalized spacial score (nSPS) is 10.6. The van der Waals surface area contributed by atoms with Gasteiger partial charge in [-0.15, -0.1) is 11.3 Å². The maximum absolute atomic E-state index is 5.67. The molecular weight excluding hydrogens is 269 g/mol. The molecule has 0 saturated heterocycles. The van der Waals surface area contributed by atoms with Gasteiger partial charge in [-0.25, -0.2) is 0 Å². The van der Waals surface area contributed by atoms with E-state index in [9.17, 15) is 0 Å². The molecule has 2 aromatic rings. The van der Waals surface area contributed by atoms with E-state index in [0.29, 0.717) is 0 Å². The first-order valence-electron chi connectivity index (χ1n) is 3.21. The maximum atomic E-state index is 5.67. The van der Waals surface area contributed by atoms with Crippen molar-refractivity contribution in [1.29, 1.82) is 0 Å². The molecule has 56 valence electrons. The van der Waals surface area contributed by atoms with Gasteiger partial charge in [-0.3, -0.25) is 0 Å². The van der Waals surface area contributed by atoms with Gasteiger partial charge in [-0.2, -0.15) is 0 Å². The maximum Gasteiger partial charge on any atom is 0.0869 e. The molecule has 0 fully saturated rings. The van der Waals surface area contributed by atoms with E-state index in [2.05, 4.69) is 40.8 Å². The van der Waals surface area contributed by atoms with Crippen molar-refractivity contribution in [2.45, 2.75) is 0 Å². The molecule has 0 aliphatic carbocycles. The summed E-state index contributed by atoms with van der Waals surface area (Å²) in [6, 6.07) is 8.27. The van der Waals surface area contributed by atoms with Gasteiger partial charge in [0.2, 0.25) is 0 Å². The van der Waals surface area contributed by atoms with Gasteiger partial charge in [0.05, 0.1) is 5.00 Å². The first-order valence-corrected chi connectivity index (χ1v) is 5.10. The third-order valence-electron chi connectivity index (χ3n) is 1.53. The molecule has 11 heavy (non-hydrogen) atoms. The van der Waals surface area contributed by atoms with Gasteiger partial charge in [0, 0.05) is 13.7 Å². The van der Waals surface area contributed by atoms with E-state index in [-0.39, 0.29) is 0 Å². The summed E-state index contributed by atoms with van der Waals surface area (Å²) in [5.41, 5.74) is 5.67. The highest BCUT2D eigenvalue weighted by molar-refractivity contribution is 14.1. The van der Waals surface area contributed by atoms with Crippen LogP contribution in [0.5, 0.6) is 0 Å². The van der Waals surface area contributed by atoms with E-state index in [1.807, 2.05) is 6.07 Å². The number of fused-ring (bicyclic) bond motifs is 1. The average Bonchev–Trinajstić information content (AvgIpc) is 2.31. The Kier molecular flexibility index (Phi) is 1.77. The van der Waals surface area contributed by atoms with Crippen molar-refractivity contribution in [3.8, 4) is 0 Å². The standard InChI is InChI=1S/C8H6INS/c9-6-2-1-3-7-5(6)4-8(10)11-7/h1-4H,10H2. The van der Waals surface area contributed by atoms with E-state index >= 15 is 0 Å². The predicted molar refractivity (Wildman–Crippen MR) is 59.0 cm³/mol. The van der Waals surface area contributed by atoms with Gasteiger partial charge in [-0.1, -0.05) is 6.07 Å². The Bertz CT molecular complexity index is 394. The molecule has 2 N–H and O–H groups in total. The van der Waals surface area contributed by atoms with Crippen LogP contribution < -0.4 is 5.73 Å². The fraction of sp³-hybridized carbons (Fsp3) is 0. The summed E-state index contributed by atoms with van der Waals surface area (Å²) in [7, 11) is 0. The molecule has 0 atom stereocenters. The summed E-state index contributed by atoms with van der Waals surface area (Å²) < 4.78 is 2.54. The Morgan fingerprint density at radius 1 is 1.36 bits per heavy atom. The van der Waals surface area contributed by atoms with Crippen molar-refractivity contribution >= 4 is 49.0 Å². The van der Waals surface area contributed by atoms with Crippen LogP contribution in [-0.4, -0.2) is 0 Å². The zero-order valence-corrected chi connectivity index (χ0v) is 8.65. The molecule has 0 aliphatic rings. The Morgan fingerprint density at radius 2 is 2.18 bits per heavy atom. The monoisotopic (exact) mass is 275 g/mol. The van der Waals surface area contributed by atoms with Crippen LogP contribution in [0.4, 0.5) is 5.00 Å². The van der Waals surface area contributed by atoms with Gasteiger partial charge in [-0.05, 0) is 40.8 Å². The highest BCUT2D eigenvalue weighted by Crippen LogP contribution is 2.30. The molecule has 0 bridgehead atoms. The lowest BCUT2D eigenvalue weighted by Crippen LogP contribution is -1.73. The molecule has 3 heteroatoms. The number of nitrogens with two attached hydrogens (primary N) is 1. The first kappa shape index (κ1) is 7.36. The highest BCUT2D eigenvalue weighted by atomic mass is 127. The lowest BCUT2D eigenvalue weighted by molar-refractivity contribution is 1.78. The Morgan fingerprint density at radius 3 is 2.91 bits per heavy atom. The van der Waals surface area contributed by atoms with Gasteiger partial charge in [0.1, 0.15) is 0 Å². The summed E-state index contributed by atoms with van der Waals surface area (Å²) in [4.78, 5) is 0. The molecule has 0 aliphatic heterocycles. The number of anilines is 1. The number of thiophene rings is 1. The summed E-state index contributed by atoms with van der Waals surface area (Å²) in [6.45, 7) is 0. The van der Waals surface area contributed by atoms with Crippen LogP contribution in [0.25, 0.3) is 10.1 Å².